The average Bonchev–Trinajstić information content (AvgIpc) is 3.15. The zero-order valence-corrected chi connectivity index (χ0v) is 16.8. The molecule has 0 bridgehead atoms. The first-order chi connectivity index (χ1) is 14.0. The van der Waals surface area contributed by atoms with Crippen molar-refractivity contribution in [1.82, 2.24) is 15.0 Å². The van der Waals surface area contributed by atoms with E-state index >= 15 is 0 Å². The maximum absolute atomic E-state index is 12.0. The van der Waals surface area contributed by atoms with Crippen molar-refractivity contribution in [3.8, 4) is 16.5 Å². The van der Waals surface area contributed by atoms with Crippen LogP contribution in [0.4, 0.5) is 17.3 Å². The molecular formula is C20H18N6O2S. The second kappa shape index (κ2) is 7.44. The topological polar surface area (TPSA) is 116 Å². The number of aromatic amines is 1. The Balaban J connectivity index is 1.61. The third-order valence-electron chi connectivity index (χ3n) is 4.57. The minimum Gasteiger partial charge on any atom is -0.491 e. The Hall–Kier alpha value is -3.59. The predicted molar refractivity (Wildman–Crippen MR) is 115 cm³/mol. The second-order valence-electron chi connectivity index (χ2n) is 6.46. The van der Waals surface area contributed by atoms with E-state index < -0.39 is 11.4 Å². The quantitative estimate of drug-likeness (QED) is 0.420. The van der Waals surface area contributed by atoms with Crippen LogP contribution in [0.5, 0.6) is 5.88 Å². The lowest BCUT2D eigenvalue weighted by atomic mass is 10.1. The fourth-order valence-electron chi connectivity index (χ4n) is 2.79. The molecule has 4 aromatic rings. The van der Waals surface area contributed by atoms with E-state index in [0.717, 1.165) is 16.1 Å². The Morgan fingerprint density at radius 1 is 1.07 bits per heavy atom. The fourth-order valence-corrected chi connectivity index (χ4v) is 3.91. The first-order valence-electron chi connectivity index (χ1n) is 8.86. The summed E-state index contributed by atoms with van der Waals surface area (Å²) in [5.74, 6) is -0.337. The molecular weight excluding hydrogens is 388 g/mol. The van der Waals surface area contributed by atoms with E-state index in [4.69, 9.17) is 4.98 Å². The average molecular weight is 406 g/mol. The molecule has 0 aliphatic heterocycles. The first kappa shape index (κ1) is 18.8. The maximum atomic E-state index is 12.0. The van der Waals surface area contributed by atoms with Crippen molar-refractivity contribution >= 4 is 38.9 Å². The number of azo groups is 1. The molecule has 3 N–H and O–H groups in total. The van der Waals surface area contributed by atoms with Gasteiger partial charge in [-0.25, -0.2) is 4.98 Å². The van der Waals surface area contributed by atoms with Crippen LogP contribution in [0.2, 0.25) is 0 Å². The van der Waals surface area contributed by atoms with Gasteiger partial charge in [0.25, 0.3) is 5.56 Å². The number of fused-ring (bicyclic) bond motifs is 1. The molecule has 4 rings (SSSR count). The van der Waals surface area contributed by atoms with Crippen molar-refractivity contribution in [3.05, 3.63) is 57.9 Å². The molecule has 9 heteroatoms. The normalized spacial score (nSPS) is 11.4. The number of anilines is 1. The highest BCUT2D eigenvalue weighted by Gasteiger charge is 2.11. The molecule has 0 atom stereocenters. The van der Waals surface area contributed by atoms with Gasteiger partial charge in [0.05, 0.1) is 15.9 Å². The summed E-state index contributed by atoms with van der Waals surface area (Å²) in [7, 11) is 1.58. The minimum absolute atomic E-state index is 0.150. The number of nitrogens with one attached hydrogen (secondary N) is 2. The van der Waals surface area contributed by atoms with E-state index in [0.29, 0.717) is 5.69 Å². The summed E-state index contributed by atoms with van der Waals surface area (Å²) in [6.45, 7) is 4.21. The highest BCUT2D eigenvalue weighted by Crippen LogP contribution is 2.34. The van der Waals surface area contributed by atoms with Gasteiger partial charge < -0.3 is 10.4 Å². The van der Waals surface area contributed by atoms with E-state index in [1.165, 1.54) is 15.8 Å². The lowest BCUT2D eigenvalue weighted by Gasteiger charge is -2.01. The summed E-state index contributed by atoms with van der Waals surface area (Å²) >= 11 is 1.66. The van der Waals surface area contributed by atoms with Gasteiger partial charge in [-0.2, -0.15) is 10.1 Å². The Kier molecular flexibility index (Phi) is 4.81. The largest absolute Gasteiger partial charge is 0.491 e. The second-order valence-corrected chi connectivity index (χ2v) is 7.46. The Morgan fingerprint density at radius 2 is 1.83 bits per heavy atom. The van der Waals surface area contributed by atoms with Crippen molar-refractivity contribution in [2.24, 2.45) is 10.2 Å². The number of rotatable bonds is 4. The van der Waals surface area contributed by atoms with Gasteiger partial charge in [-0.15, -0.1) is 16.5 Å². The lowest BCUT2D eigenvalue weighted by Crippen LogP contribution is -2.10. The number of nitrogens with zero attached hydrogens (tertiary/aromatic N) is 4. The van der Waals surface area contributed by atoms with Crippen molar-refractivity contribution in [3.63, 3.8) is 0 Å². The number of aromatic nitrogens is 3. The summed E-state index contributed by atoms with van der Waals surface area (Å²) in [5.41, 5.74) is 4.18. The van der Waals surface area contributed by atoms with Crippen LogP contribution < -0.4 is 10.9 Å². The highest BCUT2D eigenvalue weighted by molar-refractivity contribution is 7.21. The molecule has 2 aromatic heterocycles. The molecule has 0 aliphatic rings. The first-order valence-corrected chi connectivity index (χ1v) is 9.68. The van der Waals surface area contributed by atoms with Crippen molar-refractivity contribution in [1.29, 1.82) is 0 Å². The van der Waals surface area contributed by atoms with E-state index in [2.05, 4.69) is 45.4 Å². The van der Waals surface area contributed by atoms with Gasteiger partial charge in [-0.05, 0) is 55.3 Å². The molecule has 146 valence electrons. The number of H-pyrrole nitrogens is 1. The van der Waals surface area contributed by atoms with Crippen molar-refractivity contribution < 1.29 is 5.11 Å². The Morgan fingerprint density at radius 3 is 2.52 bits per heavy atom. The number of aromatic hydroxyl groups is 1. The van der Waals surface area contributed by atoms with E-state index in [1.807, 2.05) is 18.2 Å². The number of benzene rings is 2. The van der Waals surface area contributed by atoms with Crippen LogP contribution in [-0.4, -0.2) is 27.1 Å². The van der Waals surface area contributed by atoms with Gasteiger partial charge in [0.2, 0.25) is 17.5 Å². The van der Waals surface area contributed by atoms with Gasteiger partial charge in [0, 0.05) is 12.6 Å². The van der Waals surface area contributed by atoms with Crippen LogP contribution in [0.15, 0.2) is 51.4 Å². The molecule has 29 heavy (non-hydrogen) atoms. The van der Waals surface area contributed by atoms with Crippen LogP contribution in [0.3, 0.4) is 0 Å². The van der Waals surface area contributed by atoms with Crippen molar-refractivity contribution in [2.45, 2.75) is 13.8 Å². The molecule has 2 heterocycles. The number of aryl methyl sites for hydroxylation is 2. The highest BCUT2D eigenvalue weighted by atomic mass is 32.1. The molecule has 8 nitrogen and oxygen atoms in total. The monoisotopic (exact) mass is 406 g/mol. The summed E-state index contributed by atoms with van der Waals surface area (Å²) in [5, 5.41) is 21.3. The van der Waals surface area contributed by atoms with Gasteiger partial charge in [-0.1, -0.05) is 6.07 Å². The third-order valence-corrected chi connectivity index (χ3v) is 5.81. The van der Waals surface area contributed by atoms with E-state index in [9.17, 15) is 9.90 Å². The molecule has 0 saturated carbocycles. The van der Waals surface area contributed by atoms with Gasteiger partial charge in [0.1, 0.15) is 5.01 Å². The van der Waals surface area contributed by atoms with E-state index in [1.54, 1.807) is 30.5 Å². The van der Waals surface area contributed by atoms with Crippen molar-refractivity contribution in [2.75, 3.05) is 12.4 Å². The zero-order chi connectivity index (χ0) is 20.5. The standard InChI is InChI=1S/C20H18N6O2S/c1-10-4-9-14-16(11(10)2)29-19(22-14)12-5-7-13(8-6-12)25-26-15-17(27)23-20(21-3)24-18(15)28/h4-9H,1-3H3,(H3,21,23,24,27,28). The van der Waals surface area contributed by atoms with Crippen LogP contribution >= 0.6 is 11.3 Å². The van der Waals surface area contributed by atoms with Gasteiger partial charge in [0.15, 0.2) is 0 Å². The summed E-state index contributed by atoms with van der Waals surface area (Å²) < 4.78 is 1.19. The third kappa shape index (κ3) is 3.59. The molecule has 0 radical (unpaired) electrons. The molecule has 2 aromatic carbocycles. The SMILES string of the molecule is CNc1nc(O)c(N=Nc2ccc(-c3nc4ccc(C)c(C)c4s3)cc2)c(=O)[nH]1. The minimum atomic E-state index is -0.581. The summed E-state index contributed by atoms with van der Waals surface area (Å²) in [6.07, 6.45) is 0. The number of hydrogen-bond acceptors (Lipinski definition) is 8. The van der Waals surface area contributed by atoms with Gasteiger partial charge in [-0.3, -0.25) is 9.78 Å². The molecule has 0 aliphatic carbocycles. The predicted octanol–water partition coefficient (Wildman–Crippen LogP) is 4.83. The molecule has 0 unspecified atom stereocenters. The molecule has 0 saturated heterocycles. The van der Waals surface area contributed by atoms with Crippen LogP contribution in [0.1, 0.15) is 11.1 Å². The fraction of sp³-hybridized carbons (Fsp3) is 0.150. The van der Waals surface area contributed by atoms with Crippen LogP contribution in [0.25, 0.3) is 20.8 Å². The smallest absolute Gasteiger partial charge is 0.284 e. The summed E-state index contributed by atoms with van der Waals surface area (Å²) in [6, 6.07) is 11.5. The molecule has 0 spiro atoms. The lowest BCUT2D eigenvalue weighted by molar-refractivity contribution is 0.453. The zero-order valence-electron chi connectivity index (χ0n) is 16.0. The molecule has 0 amide bonds. The Labute approximate surface area is 170 Å². The number of thiazole rings is 1. The van der Waals surface area contributed by atoms with Crippen LogP contribution in [-0.2, 0) is 0 Å². The molecule has 0 fully saturated rings. The van der Waals surface area contributed by atoms with Gasteiger partial charge >= 0.3 is 0 Å². The van der Waals surface area contributed by atoms with Crippen LogP contribution in [0, 0.1) is 13.8 Å². The Bertz CT molecular complexity index is 1290. The van der Waals surface area contributed by atoms with E-state index in [-0.39, 0.29) is 11.6 Å². The number of hydrogen-bond donors (Lipinski definition) is 3. The maximum Gasteiger partial charge on any atom is 0.284 e. The summed E-state index contributed by atoms with van der Waals surface area (Å²) in [4.78, 5) is 22.9.